The second kappa shape index (κ2) is 10.3. The fraction of sp³-hybridized carbons (Fsp3) is 0.259. The third-order valence-corrected chi connectivity index (χ3v) is 6.65. The van der Waals surface area contributed by atoms with Crippen LogP contribution >= 0.6 is 23.2 Å². The first-order chi connectivity index (χ1) is 16.6. The van der Waals surface area contributed by atoms with Crippen molar-refractivity contribution in [1.82, 2.24) is 4.90 Å². The second-order valence-electron chi connectivity index (χ2n) is 8.94. The molecule has 5 nitrogen and oxygen atoms in total. The average Bonchev–Trinajstić information content (AvgIpc) is 3.14. The van der Waals surface area contributed by atoms with Crippen molar-refractivity contribution >= 4 is 35.1 Å². The van der Waals surface area contributed by atoms with Crippen molar-refractivity contribution in [3.05, 3.63) is 98.8 Å². The summed E-state index contributed by atoms with van der Waals surface area (Å²) < 4.78 is 19.7. The van der Waals surface area contributed by atoms with Gasteiger partial charge < -0.3 is 14.7 Å². The number of carboxylic acids is 1. The average molecular weight is 516 g/mol. The first-order valence-electron chi connectivity index (χ1n) is 11.1. The number of carbonyl (C=O) groups excluding carboxylic acids is 1. The van der Waals surface area contributed by atoms with E-state index < -0.39 is 17.4 Å². The highest BCUT2D eigenvalue weighted by atomic mass is 35.5. The maximum Gasteiger partial charge on any atom is 0.305 e. The number of rotatable bonds is 8. The number of carboxylic acid groups (broad SMARTS) is 1. The predicted octanol–water partition coefficient (Wildman–Crippen LogP) is 6.19. The van der Waals surface area contributed by atoms with Gasteiger partial charge in [-0.05, 0) is 60.0 Å². The normalized spacial score (nSPS) is 16.5. The molecule has 0 radical (unpaired) electrons. The van der Waals surface area contributed by atoms with E-state index in [1.54, 1.807) is 42.5 Å². The Kier molecular flexibility index (Phi) is 7.33. The standard InChI is InChI=1S/C27H24Cl2FNO4/c1-27(14-17-6-8-23(30)22(29)12-17)15-20-13-18(7-9-24(20)35-27)26(34)31(11-10-25(32)33)16-19-4-2-3-5-21(19)28/h2-9,12-13H,10-11,14-16H2,1H3,(H,32,33). The molecular formula is C27H24Cl2FNO4. The SMILES string of the molecule is CC1(Cc2ccc(F)c(Cl)c2)Cc2cc(C(=O)N(CCC(=O)O)Cc3ccccc3Cl)ccc2O1. The molecule has 0 fully saturated rings. The summed E-state index contributed by atoms with van der Waals surface area (Å²) in [4.78, 5) is 26.1. The molecule has 1 amide bonds. The maximum atomic E-state index is 13.5. The third-order valence-electron chi connectivity index (χ3n) is 5.99. The van der Waals surface area contributed by atoms with Crippen molar-refractivity contribution in [2.45, 2.75) is 38.3 Å². The molecule has 3 aromatic carbocycles. The zero-order valence-electron chi connectivity index (χ0n) is 19.1. The van der Waals surface area contributed by atoms with E-state index in [1.165, 1.54) is 11.0 Å². The van der Waals surface area contributed by atoms with E-state index in [0.717, 1.165) is 16.7 Å². The summed E-state index contributed by atoms with van der Waals surface area (Å²) in [5, 5.41) is 9.74. The zero-order valence-corrected chi connectivity index (χ0v) is 20.6. The minimum atomic E-state index is -0.985. The number of amides is 1. The monoisotopic (exact) mass is 515 g/mol. The quantitative estimate of drug-likeness (QED) is 0.388. The van der Waals surface area contributed by atoms with Crippen LogP contribution < -0.4 is 4.74 Å². The Morgan fingerprint density at radius 3 is 2.57 bits per heavy atom. The Balaban J connectivity index is 1.53. The number of hydrogen-bond acceptors (Lipinski definition) is 3. The third kappa shape index (κ3) is 5.95. The van der Waals surface area contributed by atoms with E-state index >= 15 is 0 Å². The van der Waals surface area contributed by atoms with Gasteiger partial charge in [-0.1, -0.05) is 47.5 Å². The minimum Gasteiger partial charge on any atom is -0.487 e. The topological polar surface area (TPSA) is 66.8 Å². The van der Waals surface area contributed by atoms with Crippen molar-refractivity contribution in [3.8, 4) is 5.75 Å². The van der Waals surface area contributed by atoms with E-state index in [9.17, 15) is 14.0 Å². The van der Waals surface area contributed by atoms with Crippen LogP contribution in [0.15, 0.2) is 60.7 Å². The molecule has 0 spiro atoms. The molecule has 1 unspecified atom stereocenters. The Hall–Kier alpha value is -3.09. The van der Waals surface area contributed by atoms with Gasteiger partial charge >= 0.3 is 5.97 Å². The van der Waals surface area contributed by atoms with Crippen molar-refractivity contribution < 1.29 is 23.8 Å². The van der Waals surface area contributed by atoms with Gasteiger partial charge in [-0.2, -0.15) is 0 Å². The highest BCUT2D eigenvalue weighted by Gasteiger charge is 2.35. The number of halogens is 3. The summed E-state index contributed by atoms with van der Waals surface area (Å²) >= 11 is 12.2. The minimum absolute atomic E-state index is 0.0516. The summed E-state index contributed by atoms with van der Waals surface area (Å²) in [7, 11) is 0. The molecule has 182 valence electrons. The highest BCUT2D eigenvalue weighted by molar-refractivity contribution is 6.31. The first-order valence-corrected chi connectivity index (χ1v) is 11.9. The fourth-order valence-electron chi connectivity index (χ4n) is 4.33. The number of fused-ring (bicyclic) bond motifs is 1. The van der Waals surface area contributed by atoms with E-state index in [4.69, 9.17) is 33.0 Å². The molecule has 3 aromatic rings. The molecular weight excluding hydrogens is 492 g/mol. The van der Waals surface area contributed by atoms with Crippen LogP contribution in [0.4, 0.5) is 4.39 Å². The van der Waals surface area contributed by atoms with Gasteiger partial charge in [-0.25, -0.2) is 4.39 Å². The van der Waals surface area contributed by atoms with Crippen LogP contribution in [0.2, 0.25) is 10.0 Å². The van der Waals surface area contributed by atoms with Crippen molar-refractivity contribution in [3.63, 3.8) is 0 Å². The molecule has 1 atom stereocenters. The Morgan fingerprint density at radius 1 is 1.09 bits per heavy atom. The molecule has 4 rings (SSSR count). The molecule has 0 saturated carbocycles. The molecule has 1 aliphatic heterocycles. The number of ether oxygens (including phenoxy) is 1. The van der Waals surface area contributed by atoms with E-state index in [-0.39, 0.29) is 30.4 Å². The molecule has 1 aliphatic rings. The fourth-order valence-corrected chi connectivity index (χ4v) is 4.73. The Bertz CT molecular complexity index is 1280. The molecule has 35 heavy (non-hydrogen) atoms. The highest BCUT2D eigenvalue weighted by Crippen LogP contribution is 2.38. The van der Waals surface area contributed by atoms with E-state index in [0.29, 0.717) is 29.2 Å². The van der Waals surface area contributed by atoms with Gasteiger partial charge in [0, 0.05) is 36.5 Å². The van der Waals surface area contributed by atoms with Gasteiger partial charge in [-0.15, -0.1) is 0 Å². The lowest BCUT2D eigenvalue weighted by Gasteiger charge is -2.24. The predicted molar refractivity (Wildman–Crippen MR) is 133 cm³/mol. The Labute approximate surface area is 213 Å². The van der Waals surface area contributed by atoms with Crippen LogP contribution in [0.3, 0.4) is 0 Å². The summed E-state index contributed by atoms with van der Waals surface area (Å²) in [6.45, 7) is 2.21. The largest absolute Gasteiger partial charge is 0.487 e. The molecule has 0 saturated heterocycles. The van der Waals surface area contributed by atoms with Crippen LogP contribution in [0.5, 0.6) is 5.75 Å². The molecule has 0 aromatic heterocycles. The van der Waals surface area contributed by atoms with Gasteiger partial charge in [0.05, 0.1) is 11.4 Å². The molecule has 0 aliphatic carbocycles. The van der Waals surface area contributed by atoms with Gasteiger partial charge in [0.1, 0.15) is 17.2 Å². The number of aliphatic carboxylic acids is 1. The van der Waals surface area contributed by atoms with Gasteiger partial charge in [0.2, 0.25) is 0 Å². The first kappa shape index (κ1) is 25.0. The van der Waals surface area contributed by atoms with Gasteiger partial charge in [-0.3, -0.25) is 9.59 Å². The number of hydrogen-bond donors (Lipinski definition) is 1. The van der Waals surface area contributed by atoms with Crippen LogP contribution in [0, 0.1) is 5.82 Å². The lowest BCUT2D eigenvalue weighted by Crippen LogP contribution is -2.33. The molecule has 0 bridgehead atoms. The number of nitrogens with zero attached hydrogens (tertiary/aromatic N) is 1. The zero-order chi connectivity index (χ0) is 25.2. The van der Waals surface area contributed by atoms with E-state index in [2.05, 4.69) is 0 Å². The second-order valence-corrected chi connectivity index (χ2v) is 9.75. The lowest BCUT2D eigenvalue weighted by atomic mass is 9.91. The lowest BCUT2D eigenvalue weighted by molar-refractivity contribution is -0.137. The van der Waals surface area contributed by atoms with Crippen molar-refractivity contribution in [2.75, 3.05) is 6.54 Å². The van der Waals surface area contributed by atoms with Gasteiger partial charge in [0.25, 0.3) is 5.91 Å². The molecule has 1 heterocycles. The Morgan fingerprint density at radius 2 is 1.86 bits per heavy atom. The number of carbonyl (C=O) groups is 2. The molecule has 1 N–H and O–H groups in total. The van der Waals surface area contributed by atoms with E-state index in [1.807, 2.05) is 19.1 Å². The smallest absolute Gasteiger partial charge is 0.305 e. The van der Waals surface area contributed by atoms with Crippen LogP contribution in [-0.2, 0) is 24.2 Å². The summed E-state index contributed by atoms with van der Waals surface area (Å²) in [5.41, 5.74) is 2.33. The number of benzene rings is 3. The summed E-state index contributed by atoms with van der Waals surface area (Å²) in [6.07, 6.45) is 0.892. The summed E-state index contributed by atoms with van der Waals surface area (Å²) in [5.74, 6) is -1.06. The maximum absolute atomic E-state index is 13.5. The van der Waals surface area contributed by atoms with Crippen molar-refractivity contribution in [1.29, 1.82) is 0 Å². The summed E-state index contributed by atoms with van der Waals surface area (Å²) in [6, 6.07) is 17.0. The van der Waals surface area contributed by atoms with Gasteiger partial charge in [0.15, 0.2) is 0 Å². The van der Waals surface area contributed by atoms with Crippen LogP contribution in [0.25, 0.3) is 0 Å². The molecule has 8 heteroatoms. The van der Waals surface area contributed by atoms with Crippen LogP contribution in [-0.4, -0.2) is 34.0 Å². The van der Waals surface area contributed by atoms with Crippen LogP contribution in [0.1, 0.15) is 40.4 Å². The van der Waals surface area contributed by atoms with Crippen molar-refractivity contribution in [2.24, 2.45) is 0 Å².